The van der Waals surface area contributed by atoms with E-state index in [9.17, 15) is 0 Å². The molecule has 6 heteroatoms. The summed E-state index contributed by atoms with van der Waals surface area (Å²) >= 11 is 6.13. The molecule has 1 aromatic heterocycles. The highest BCUT2D eigenvalue weighted by Crippen LogP contribution is 2.22. The van der Waals surface area contributed by atoms with Crippen LogP contribution < -0.4 is 10.6 Å². The summed E-state index contributed by atoms with van der Waals surface area (Å²) in [5, 5.41) is 7.17. The number of nitrogens with one attached hydrogen (secondary N) is 2. The van der Waals surface area contributed by atoms with E-state index in [1.807, 2.05) is 31.2 Å². The molecule has 0 radical (unpaired) electrons. The maximum atomic E-state index is 6.13. The number of rotatable bonds is 5. The quantitative estimate of drug-likeness (QED) is 0.878. The predicted octanol–water partition coefficient (Wildman–Crippen LogP) is 3.77. The van der Waals surface area contributed by atoms with Gasteiger partial charge < -0.3 is 15.4 Å². The van der Waals surface area contributed by atoms with Crippen LogP contribution in [0.25, 0.3) is 0 Å². The van der Waals surface area contributed by atoms with E-state index in [-0.39, 0.29) is 6.10 Å². The van der Waals surface area contributed by atoms with Gasteiger partial charge in [-0.25, -0.2) is 4.98 Å². The molecule has 1 fully saturated rings. The highest BCUT2D eigenvalue weighted by atomic mass is 35.5. The maximum Gasteiger partial charge on any atom is 0.229 e. The molecule has 1 aliphatic rings. The van der Waals surface area contributed by atoms with Gasteiger partial charge in [0.05, 0.1) is 6.10 Å². The molecule has 1 unspecified atom stereocenters. The van der Waals surface area contributed by atoms with Crippen molar-refractivity contribution in [3.8, 4) is 0 Å². The number of halogens is 1. The average molecular weight is 319 g/mol. The molecular weight excluding hydrogens is 300 g/mol. The monoisotopic (exact) mass is 318 g/mol. The Morgan fingerprint density at radius 2 is 2.27 bits per heavy atom. The molecule has 2 N–H and O–H groups in total. The standard InChI is InChI=1S/C16H19ClN4O/c1-11-4-5-12(9-14(11)17)20-16-18-7-6-15(21-16)19-10-13-3-2-8-22-13/h4-7,9,13H,2-3,8,10H2,1H3,(H2,18,19,20,21). The molecule has 3 rings (SSSR count). The van der Waals surface area contributed by atoms with Crippen LogP contribution in [0.2, 0.25) is 5.02 Å². The number of anilines is 3. The predicted molar refractivity (Wildman–Crippen MR) is 89.0 cm³/mol. The van der Waals surface area contributed by atoms with Gasteiger partial charge in [-0.3, -0.25) is 0 Å². The lowest BCUT2D eigenvalue weighted by Gasteiger charge is -2.12. The lowest BCUT2D eigenvalue weighted by Crippen LogP contribution is -2.19. The minimum Gasteiger partial charge on any atom is -0.376 e. The second kappa shape index (κ2) is 6.94. The summed E-state index contributed by atoms with van der Waals surface area (Å²) in [5.41, 5.74) is 1.91. The zero-order valence-electron chi connectivity index (χ0n) is 12.5. The SMILES string of the molecule is Cc1ccc(Nc2nccc(NCC3CCCO3)n2)cc1Cl. The van der Waals surface area contributed by atoms with Gasteiger partial charge in [0.15, 0.2) is 0 Å². The van der Waals surface area contributed by atoms with Gasteiger partial charge in [0.2, 0.25) is 5.95 Å². The van der Waals surface area contributed by atoms with Crippen molar-refractivity contribution in [1.82, 2.24) is 9.97 Å². The molecule has 1 atom stereocenters. The summed E-state index contributed by atoms with van der Waals surface area (Å²) in [6, 6.07) is 7.64. The Labute approximate surface area is 135 Å². The van der Waals surface area contributed by atoms with Crippen LogP contribution in [0.1, 0.15) is 18.4 Å². The van der Waals surface area contributed by atoms with E-state index in [1.165, 1.54) is 0 Å². The summed E-state index contributed by atoms with van der Waals surface area (Å²) in [7, 11) is 0. The van der Waals surface area contributed by atoms with Crippen LogP contribution in [0.3, 0.4) is 0 Å². The largest absolute Gasteiger partial charge is 0.376 e. The van der Waals surface area contributed by atoms with Gasteiger partial charge in [0.1, 0.15) is 5.82 Å². The molecule has 1 aliphatic heterocycles. The van der Waals surface area contributed by atoms with E-state index in [2.05, 4.69) is 20.6 Å². The Hall–Kier alpha value is -1.85. The van der Waals surface area contributed by atoms with Crippen molar-refractivity contribution >= 4 is 29.1 Å². The van der Waals surface area contributed by atoms with E-state index in [4.69, 9.17) is 16.3 Å². The molecule has 0 aliphatic carbocycles. The Morgan fingerprint density at radius 3 is 3.05 bits per heavy atom. The first-order chi connectivity index (χ1) is 10.7. The molecule has 2 heterocycles. The van der Waals surface area contributed by atoms with Crippen LogP contribution in [-0.4, -0.2) is 29.2 Å². The molecule has 0 bridgehead atoms. The number of benzene rings is 1. The fourth-order valence-corrected chi connectivity index (χ4v) is 2.52. The van der Waals surface area contributed by atoms with Gasteiger partial charge in [-0.05, 0) is 43.5 Å². The first-order valence-electron chi connectivity index (χ1n) is 7.42. The third kappa shape index (κ3) is 3.87. The molecule has 22 heavy (non-hydrogen) atoms. The van der Waals surface area contributed by atoms with Crippen molar-refractivity contribution in [3.63, 3.8) is 0 Å². The Morgan fingerprint density at radius 1 is 1.36 bits per heavy atom. The summed E-state index contributed by atoms with van der Waals surface area (Å²) in [4.78, 5) is 8.68. The second-order valence-corrected chi connectivity index (χ2v) is 5.78. The van der Waals surface area contributed by atoms with Crippen LogP contribution in [0.15, 0.2) is 30.5 Å². The van der Waals surface area contributed by atoms with Crippen molar-refractivity contribution in [2.24, 2.45) is 0 Å². The third-order valence-corrected chi connectivity index (χ3v) is 4.03. The molecule has 0 amide bonds. The molecule has 0 spiro atoms. The van der Waals surface area contributed by atoms with Crippen molar-refractivity contribution in [3.05, 3.63) is 41.0 Å². The van der Waals surface area contributed by atoms with Crippen LogP contribution in [0.5, 0.6) is 0 Å². The molecule has 5 nitrogen and oxygen atoms in total. The number of hydrogen-bond acceptors (Lipinski definition) is 5. The third-order valence-electron chi connectivity index (χ3n) is 3.62. The van der Waals surface area contributed by atoms with Crippen molar-refractivity contribution in [1.29, 1.82) is 0 Å². The van der Waals surface area contributed by atoms with Crippen molar-refractivity contribution in [2.45, 2.75) is 25.9 Å². The highest BCUT2D eigenvalue weighted by molar-refractivity contribution is 6.31. The number of aromatic nitrogens is 2. The number of ether oxygens (including phenoxy) is 1. The smallest absolute Gasteiger partial charge is 0.229 e. The lowest BCUT2D eigenvalue weighted by atomic mass is 10.2. The summed E-state index contributed by atoms with van der Waals surface area (Å²) in [5.74, 6) is 1.32. The van der Waals surface area contributed by atoms with Crippen LogP contribution in [-0.2, 0) is 4.74 Å². The normalized spacial score (nSPS) is 17.5. The number of aryl methyl sites for hydroxylation is 1. The van der Waals surface area contributed by atoms with E-state index in [0.717, 1.165) is 48.1 Å². The fraction of sp³-hybridized carbons (Fsp3) is 0.375. The minimum absolute atomic E-state index is 0.280. The Bertz CT molecular complexity index is 644. The lowest BCUT2D eigenvalue weighted by molar-refractivity contribution is 0.120. The van der Waals surface area contributed by atoms with Gasteiger partial charge in [-0.2, -0.15) is 4.98 Å². The van der Waals surface area contributed by atoms with Crippen LogP contribution in [0, 0.1) is 6.92 Å². The fourth-order valence-electron chi connectivity index (χ4n) is 2.34. The van der Waals surface area contributed by atoms with E-state index < -0.39 is 0 Å². The molecule has 2 aromatic rings. The van der Waals surface area contributed by atoms with E-state index in [0.29, 0.717) is 5.95 Å². The van der Waals surface area contributed by atoms with Crippen molar-refractivity contribution < 1.29 is 4.74 Å². The van der Waals surface area contributed by atoms with Gasteiger partial charge in [0, 0.05) is 30.1 Å². The number of hydrogen-bond donors (Lipinski definition) is 2. The zero-order chi connectivity index (χ0) is 15.4. The average Bonchev–Trinajstić information content (AvgIpc) is 3.03. The zero-order valence-corrected chi connectivity index (χ0v) is 13.2. The highest BCUT2D eigenvalue weighted by Gasteiger charge is 2.15. The maximum absolute atomic E-state index is 6.13. The summed E-state index contributed by atoms with van der Waals surface area (Å²) in [6.45, 7) is 3.60. The van der Waals surface area contributed by atoms with E-state index in [1.54, 1.807) is 6.20 Å². The van der Waals surface area contributed by atoms with E-state index >= 15 is 0 Å². The molecule has 1 aromatic carbocycles. The molecule has 116 valence electrons. The van der Waals surface area contributed by atoms with Crippen LogP contribution >= 0.6 is 11.6 Å². The Balaban J connectivity index is 1.63. The van der Waals surface area contributed by atoms with Gasteiger partial charge in [0.25, 0.3) is 0 Å². The summed E-state index contributed by atoms with van der Waals surface area (Å²) < 4.78 is 5.59. The Kier molecular flexibility index (Phi) is 4.75. The second-order valence-electron chi connectivity index (χ2n) is 5.37. The molecule has 0 saturated carbocycles. The number of nitrogens with zero attached hydrogens (tertiary/aromatic N) is 2. The van der Waals surface area contributed by atoms with Gasteiger partial charge in [-0.1, -0.05) is 17.7 Å². The molecule has 1 saturated heterocycles. The van der Waals surface area contributed by atoms with Gasteiger partial charge in [-0.15, -0.1) is 0 Å². The topological polar surface area (TPSA) is 59.1 Å². The van der Waals surface area contributed by atoms with Crippen molar-refractivity contribution in [2.75, 3.05) is 23.8 Å². The minimum atomic E-state index is 0.280. The first-order valence-corrected chi connectivity index (χ1v) is 7.80. The summed E-state index contributed by atoms with van der Waals surface area (Å²) in [6.07, 6.45) is 4.24. The molecular formula is C16H19ClN4O. The van der Waals surface area contributed by atoms with Crippen LogP contribution in [0.4, 0.5) is 17.5 Å². The van der Waals surface area contributed by atoms with Gasteiger partial charge >= 0.3 is 0 Å². The first kappa shape index (κ1) is 15.1.